The summed E-state index contributed by atoms with van der Waals surface area (Å²) in [6.45, 7) is 1.51. The Bertz CT molecular complexity index is 1130. The Labute approximate surface area is 180 Å². The van der Waals surface area contributed by atoms with Crippen LogP contribution in [0.2, 0.25) is 5.02 Å². The summed E-state index contributed by atoms with van der Waals surface area (Å²) < 4.78 is 40.1. The molecule has 2 aromatic carbocycles. The highest BCUT2D eigenvalue weighted by molar-refractivity contribution is 7.88. The third-order valence-electron chi connectivity index (χ3n) is 4.36. The molecule has 10 heteroatoms. The lowest BCUT2D eigenvalue weighted by Crippen LogP contribution is -2.32. The van der Waals surface area contributed by atoms with Crippen molar-refractivity contribution in [3.05, 3.63) is 64.8 Å². The van der Waals surface area contributed by atoms with Gasteiger partial charge in [0.2, 0.25) is 0 Å². The normalized spacial score (nSPS) is 15.1. The second kappa shape index (κ2) is 8.76. The van der Waals surface area contributed by atoms with Crippen molar-refractivity contribution in [1.29, 1.82) is 0 Å². The van der Waals surface area contributed by atoms with Crippen molar-refractivity contribution >= 4 is 39.1 Å². The molecule has 0 radical (unpaired) electrons. The van der Waals surface area contributed by atoms with Gasteiger partial charge in [-0.25, -0.2) is 0 Å². The quantitative estimate of drug-likeness (QED) is 0.728. The summed E-state index contributed by atoms with van der Waals surface area (Å²) in [7, 11) is -1.03. The minimum atomic E-state index is -3.94. The van der Waals surface area contributed by atoms with E-state index in [1.165, 1.54) is 33.4 Å². The first kappa shape index (κ1) is 21.7. The van der Waals surface area contributed by atoms with Crippen LogP contribution in [0, 0.1) is 0 Å². The molecule has 1 heterocycles. The molecule has 0 saturated heterocycles. The third-order valence-corrected chi connectivity index (χ3v) is 5.99. The molecule has 0 unspecified atom stereocenters. The van der Waals surface area contributed by atoms with Crippen LogP contribution in [0.5, 0.6) is 11.5 Å². The molecule has 1 aliphatic heterocycles. The highest BCUT2D eigenvalue weighted by atomic mass is 35.5. The van der Waals surface area contributed by atoms with Gasteiger partial charge in [0, 0.05) is 12.3 Å². The van der Waals surface area contributed by atoms with E-state index in [9.17, 15) is 13.2 Å². The van der Waals surface area contributed by atoms with Gasteiger partial charge in [-0.3, -0.25) is 9.10 Å². The van der Waals surface area contributed by atoms with Crippen LogP contribution in [0.15, 0.2) is 58.6 Å². The Kier molecular flexibility index (Phi) is 6.33. The average Bonchev–Trinajstić information content (AvgIpc) is 2.70. The van der Waals surface area contributed by atoms with Crippen molar-refractivity contribution in [2.75, 3.05) is 19.5 Å². The van der Waals surface area contributed by atoms with Crippen molar-refractivity contribution in [3.63, 3.8) is 0 Å². The lowest BCUT2D eigenvalue weighted by Gasteiger charge is -2.24. The lowest BCUT2D eigenvalue weighted by atomic mass is 10.1. The molecular formula is C20H20ClN3O5S. The molecule has 30 heavy (non-hydrogen) atoms. The summed E-state index contributed by atoms with van der Waals surface area (Å²) in [6, 6.07) is 12.1. The molecule has 0 bridgehead atoms. The SMILES string of the molecule is COc1cc(OC)c(NC(=O)C2=CN(Cc3ccccc3)S(=O)(=O)N=C2C)cc1Cl. The second-order valence-corrected chi connectivity index (χ2v) is 8.32. The summed E-state index contributed by atoms with van der Waals surface area (Å²) in [5, 5.41) is 2.97. The fourth-order valence-corrected chi connectivity index (χ4v) is 4.18. The maximum absolute atomic E-state index is 12.9. The van der Waals surface area contributed by atoms with Crippen LogP contribution in [-0.4, -0.2) is 38.6 Å². The zero-order chi connectivity index (χ0) is 21.9. The van der Waals surface area contributed by atoms with E-state index < -0.39 is 16.1 Å². The summed E-state index contributed by atoms with van der Waals surface area (Å²) >= 11 is 6.15. The zero-order valence-electron chi connectivity index (χ0n) is 16.5. The van der Waals surface area contributed by atoms with E-state index >= 15 is 0 Å². The summed E-state index contributed by atoms with van der Waals surface area (Å²) in [5.74, 6) is 0.175. The van der Waals surface area contributed by atoms with Crippen molar-refractivity contribution < 1.29 is 22.7 Å². The van der Waals surface area contributed by atoms with Crippen LogP contribution >= 0.6 is 11.6 Å². The van der Waals surface area contributed by atoms with Gasteiger partial charge in [0.05, 0.1) is 42.8 Å². The molecule has 0 atom stereocenters. The van der Waals surface area contributed by atoms with Crippen LogP contribution in [0.3, 0.4) is 0 Å². The molecule has 0 aliphatic carbocycles. The number of halogens is 1. The Morgan fingerprint density at radius 1 is 1.13 bits per heavy atom. The Balaban J connectivity index is 1.91. The van der Waals surface area contributed by atoms with E-state index in [1.54, 1.807) is 30.3 Å². The first-order valence-electron chi connectivity index (χ1n) is 8.82. The van der Waals surface area contributed by atoms with E-state index in [2.05, 4.69) is 9.71 Å². The van der Waals surface area contributed by atoms with E-state index in [-0.39, 0.29) is 22.9 Å². The molecule has 0 fully saturated rings. The summed E-state index contributed by atoms with van der Waals surface area (Å²) in [4.78, 5) is 12.9. The minimum Gasteiger partial charge on any atom is -0.495 e. The number of hydrogen-bond acceptors (Lipinski definition) is 5. The number of nitrogens with zero attached hydrogens (tertiary/aromatic N) is 2. The lowest BCUT2D eigenvalue weighted by molar-refractivity contribution is -0.112. The van der Waals surface area contributed by atoms with Crippen molar-refractivity contribution in [2.24, 2.45) is 4.40 Å². The predicted octanol–water partition coefficient (Wildman–Crippen LogP) is 3.40. The van der Waals surface area contributed by atoms with Crippen LogP contribution in [0.25, 0.3) is 0 Å². The van der Waals surface area contributed by atoms with Crippen LogP contribution in [0.4, 0.5) is 5.69 Å². The van der Waals surface area contributed by atoms with Gasteiger partial charge in [0.25, 0.3) is 5.91 Å². The molecule has 3 rings (SSSR count). The number of hydrogen-bond donors (Lipinski definition) is 1. The molecule has 1 aliphatic rings. The highest BCUT2D eigenvalue weighted by Crippen LogP contribution is 2.36. The first-order valence-corrected chi connectivity index (χ1v) is 10.6. The highest BCUT2D eigenvalue weighted by Gasteiger charge is 2.28. The Morgan fingerprint density at radius 3 is 2.43 bits per heavy atom. The van der Waals surface area contributed by atoms with E-state index in [1.807, 2.05) is 6.07 Å². The summed E-state index contributed by atoms with van der Waals surface area (Å²) in [6.07, 6.45) is 1.28. The maximum Gasteiger partial charge on any atom is 0.344 e. The molecule has 8 nitrogen and oxygen atoms in total. The van der Waals surface area contributed by atoms with Gasteiger partial charge < -0.3 is 14.8 Å². The van der Waals surface area contributed by atoms with Crippen LogP contribution in [0.1, 0.15) is 12.5 Å². The van der Waals surface area contributed by atoms with E-state index in [0.717, 1.165) is 9.87 Å². The molecular weight excluding hydrogens is 430 g/mol. The van der Waals surface area contributed by atoms with Crippen molar-refractivity contribution in [3.8, 4) is 11.5 Å². The molecule has 0 spiro atoms. The fraction of sp³-hybridized carbons (Fsp3) is 0.200. The standard InChI is InChI=1S/C20H20ClN3O5S/c1-13-15(12-24(30(26,27)23-13)11-14-7-5-4-6-8-14)20(25)22-17-9-16(21)18(28-2)10-19(17)29-3/h4-10,12H,11H2,1-3H3,(H,22,25). The minimum absolute atomic E-state index is 0.0500. The van der Waals surface area contributed by atoms with Gasteiger partial charge in [-0.1, -0.05) is 41.9 Å². The molecule has 158 valence electrons. The number of methoxy groups -OCH3 is 2. The van der Waals surface area contributed by atoms with Crippen LogP contribution in [-0.2, 0) is 21.5 Å². The zero-order valence-corrected chi connectivity index (χ0v) is 18.1. The van der Waals surface area contributed by atoms with Gasteiger partial charge >= 0.3 is 10.2 Å². The summed E-state index contributed by atoms with van der Waals surface area (Å²) in [5.41, 5.74) is 1.26. The van der Waals surface area contributed by atoms with Crippen LogP contribution < -0.4 is 14.8 Å². The number of anilines is 1. The number of ether oxygens (including phenoxy) is 2. The van der Waals surface area contributed by atoms with Gasteiger partial charge in [-0.05, 0) is 18.6 Å². The topological polar surface area (TPSA) is 97.3 Å². The van der Waals surface area contributed by atoms with Crippen molar-refractivity contribution in [1.82, 2.24) is 4.31 Å². The van der Waals surface area contributed by atoms with Gasteiger partial charge in [0.15, 0.2) is 0 Å². The monoisotopic (exact) mass is 449 g/mol. The Hall–Kier alpha value is -3.04. The molecule has 1 N–H and O–H groups in total. The number of benzene rings is 2. The number of amides is 1. The third kappa shape index (κ3) is 4.58. The largest absolute Gasteiger partial charge is 0.495 e. The number of carbonyl (C=O) groups excluding carboxylic acids is 1. The number of rotatable bonds is 6. The Morgan fingerprint density at radius 2 is 1.80 bits per heavy atom. The number of carbonyl (C=O) groups is 1. The van der Waals surface area contributed by atoms with Crippen molar-refractivity contribution in [2.45, 2.75) is 13.5 Å². The second-order valence-electron chi connectivity index (χ2n) is 6.37. The van der Waals surface area contributed by atoms with E-state index in [0.29, 0.717) is 17.2 Å². The first-order chi connectivity index (χ1) is 14.2. The van der Waals surface area contributed by atoms with Gasteiger partial charge in [-0.15, -0.1) is 4.40 Å². The van der Waals surface area contributed by atoms with Gasteiger partial charge in [-0.2, -0.15) is 8.42 Å². The molecule has 2 aromatic rings. The molecule has 0 saturated carbocycles. The fourth-order valence-electron chi connectivity index (χ4n) is 2.84. The average molecular weight is 450 g/mol. The predicted molar refractivity (Wildman–Crippen MR) is 115 cm³/mol. The van der Waals surface area contributed by atoms with Gasteiger partial charge in [0.1, 0.15) is 11.5 Å². The van der Waals surface area contributed by atoms with E-state index in [4.69, 9.17) is 21.1 Å². The molecule has 0 aromatic heterocycles. The molecule has 1 amide bonds. The maximum atomic E-state index is 12.9. The number of nitrogens with one attached hydrogen (secondary N) is 1. The smallest absolute Gasteiger partial charge is 0.344 e.